The van der Waals surface area contributed by atoms with E-state index in [1.165, 1.54) is 44.9 Å². The molecule has 7 N–H and O–H groups in total. The van der Waals surface area contributed by atoms with Crippen molar-refractivity contribution in [1.82, 2.24) is 0 Å². The molecule has 0 bridgehead atoms. The molecule has 1 aliphatic carbocycles. The number of aliphatic hydroxyl groups is 4. The quantitative estimate of drug-likeness (QED) is 0.0242. The predicted octanol–water partition coefficient (Wildman–Crippen LogP) is 2.01. The molecule has 0 spiro atoms. The van der Waals surface area contributed by atoms with Gasteiger partial charge in [0.25, 0.3) is 0 Å². The Kier molecular flexibility index (Phi) is 25.8. The molecule has 0 saturated heterocycles. The summed E-state index contributed by atoms with van der Waals surface area (Å²) in [6, 6.07) is 0. The first-order chi connectivity index (χ1) is 26.6. The lowest BCUT2D eigenvalue weighted by Gasteiger charge is -2.43. The van der Waals surface area contributed by atoms with Gasteiger partial charge in [0, 0.05) is 12.3 Å². The van der Waals surface area contributed by atoms with Crippen LogP contribution in [0.2, 0.25) is 0 Å². The molecule has 1 saturated carbocycles. The summed E-state index contributed by atoms with van der Waals surface area (Å²) in [4.78, 5) is 53.2. The van der Waals surface area contributed by atoms with E-state index in [4.69, 9.17) is 34.7 Å². The predicted molar refractivity (Wildman–Crippen MR) is 200 cm³/mol. The van der Waals surface area contributed by atoms with E-state index in [0.717, 1.165) is 32.1 Å². The fourth-order valence-corrected chi connectivity index (χ4v) is 6.68. The van der Waals surface area contributed by atoms with Gasteiger partial charge in [-0.25, -0.2) is 13.9 Å². The summed E-state index contributed by atoms with van der Waals surface area (Å²) in [6.07, 6.45) is 3.91. The first-order valence-electron chi connectivity index (χ1n) is 18.1. The highest BCUT2D eigenvalue weighted by Gasteiger charge is 2.54. The molecule has 1 aliphatic rings. The number of unbranched alkanes of at least 4 members (excludes halogenated alkanes) is 12. The maximum Gasteiger partial charge on any atom is 0.472 e. The van der Waals surface area contributed by atoms with Crippen molar-refractivity contribution in [2.75, 3.05) is 13.2 Å². The number of phosphoric ester groups is 2. The zero-order valence-corrected chi connectivity index (χ0v) is 32.9. The second-order valence-corrected chi connectivity index (χ2v) is 15.1. The number of ether oxygens (including phenoxy) is 2. The molecule has 0 amide bonds. The van der Waals surface area contributed by atoms with Crippen LogP contribution in [0.3, 0.4) is 0 Å². The van der Waals surface area contributed by atoms with Crippen molar-refractivity contribution in [1.29, 1.82) is 0 Å². The van der Waals surface area contributed by atoms with Crippen LogP contribution in [-0.4, -0.2) is 103 Å². The summed E-state index contributed by atoms with van der Waals surface area (Å²) in [5, 5.41) is 41.1. The molecule has 0 aromatic heterocycles. The molecule has 0 aromatic carbocycles. The van der Waals surface area contributed by atoms with Gasteiger partial charge in [-0.05, 0) is 65.6 Å². The Hall–Kier alpha value is -3.64. The monoisotopic (exact) mass is 824 g/mol. The number of hydrogen-bond donors (Lipinski definition) is 7. The van der Waals surface area contributed by atoms with E-state index in [2.05, 4.69) is 70.7 Å². The fourth-order valence-electron chi connectivity index (χ4n) is 5.14. The van der Waals surface area contributed by atoms with E-state index in [0.29, 0.717) is 6.42 Å². The molecule has 56 heavy (non-hydrogen) atoms. The van der Waals surface area contributed by atoms with E-state index < -0.39 is 83.5 Å². The minimum absolute atomic E-state index is 0.0269. The van der Waals surface area contributed by atoms with Crippen LogP contribution in [0, 0.1) is 71.5 Å². The molecule has 0 heterocycles. The molecule has 1 rings (SSSR count). The van der Waals surface area contributed by atoms with Gasteiger partial charge in [-0.2, -0.15) is 0 Å². The van der Waals surface area contributed by atoms with E-state index in [1.807, 2.05) is 5.92 Å². The van der Waals surface area contributed by atoms with E-state index in [-0.39, 0.29) is 6.42 Å². The number of phosphoric acid groups is 2. The lowest BCUT2D eigenvalue weighted by molar-refractivity contribution is -0.216. The normalized spacial score (nSPS) is 21.5. The third kappa shape index (κ3) is 23.4. The van der Waals surface area contributed by atoms with Crippen LogP contribution in [-0.2, 0) is 41.8 Å². The molecule has 0 radical (unpaired) electrons. The Morgan fingerprint density at radius 1 is 0.625 bits per heavy atom. The number of esters is 2. The topological polar surface area (TPSA) is 256 Å². The number of carbonyl (C=O) groups is 2. The smallest absolute Gasteiger partial charge is 0.456 e. The van der Waals surface area contributed by atoms with Crippen molar-refractivity contribution in [2.45, 2.75) is 140 Å². The van der Waals surface area contributed by atoms with Gasteiger partial charge in [0.1, 0.15) is 43.2 Å². The summed E-state index contributed by atoms with van der Waals surface area (Å²) in [7, 11) is -10.7. The molecule has 8 atom stereocenters. The average molecular weight is 825 g/mol. The number of hydrogen-bond acceptors (Lipinski definition) is 13. The van der Waals surface area contributed by atoms with Crippen LogP contribution in [0.4, 0.5) is 0 Å². The Bertz CT molecular complexity index is 1680. The van der Waals surface area contributed by atoms with E-state index in [1.54, 1.807) is 0 Å². The number of terminal acetylenes is 1. The Morgan fingerprint density at radius 2 is 1.05 bits per heavy atom. The standard InChI is InChI=1S/C38H50O16P2/c1-3-5-7-9-11-13-15-16-17-19-21-23-25-27-32(40)52-30(28-50-31(39)26-24-22-20-18-14-12-10-8-6-4-2)29-51-56(48,49)54-38-35(43)33(41)37(34(42)36(38)44)53-55(45,46)47/h2,30,33-38,41-44H,3,5,7,9,11,13,15-17,19,21,23,25,27-29H2,1H3,(H,48,49)(H2,45,46,47)/t30-,33-,34+,35+,36?,37?,38?/m0/s1. The van der Waals surface area contributed by atoms with Gasteiger partial charge in [0.2, 0.25) is 0 Å². The summed E-state index contributed by atoms with van der Waals surface area (Å²) in [5.74, 6) is 23.1. The highest BCUT2D eigenvalue weighted by atomic mass is 31.2. The van der Waals surface area contributed by atoms with Gasteiger partial charge in [-0.15, -0.1) is 6.42 Å². The minimum Gasteiger partial charge on any atom is -0.456 e. The van der Waals surface area contributed by atoms with Crippen LogP contribution in [0.25, 0.3) is 0 Å². The highest BCUT2D eigenvalue weighted by Crippen LogP contribution is 2.48. The molecule has 308 valence electrons. The first-order valence-corrected chi connectivity index (χ1v) is 21.1. The van der Waals surface area contributed by atoms with Gasteiger partial charge in [0.05, 0.1) is 6.61 Å². The second kappa shape index (κ2) is 28.7. The maximum atomic E-state index is 12.8. The van der Waals surface area contributed by atoms with Crippen molar-refractivity contribution in [3.63, 3.8) is 0 Å². The SMILES string of the molecule is C#CC#CC#CC#CC#CC#CC(=O)OC[C@@H](COP(=O)(O)OC1C(O)[C@@H](O)C(OP(=O)(O)O)[C@@H](O)[C@H]1O)OC(=O)CCCCCCCCCCCCCCC. The summed E-state index contributed by atoms with van der Waals surface area (Å²) in [5.41, 5.74) is 0. The minimum atomic E-state index is -5.34. The molecular weight excluding hydrogens is 774 g/mol. The lowest BCUT2D eigenvalue weighted by Crippen LogP contribution is -2.64. The van der Waals surface area contributed by atoms with E-state index >= 15 is 0 Å². The second-order valence-electron chi connectivity index (χ2n) is 12.5. The zero-order valence-electron chi connectivity index (χ0n) is 31.1. The molecule has 0 aromatic rings. The van der Waals surface area contributed by atoms with Crippen molar-refractivity contribution in [2.24, 2.45) is 0 Å². The van der Waals surface area contributed by atoms with Crippen LogP contribution < -0.4 is 0 Å². The molecule has 16 nitrogen and oxygen atoms in total. The summed E-state index contributed by atoms with van der Waals surface area (Å²) in [6.45, 7) is 0.543. The third-order valence-electron chi connectivity index (χ3n) is 7.90. The Morgan fingerprint density at radius 3 is 1.52 bits per heavy atom. The molecule has 4 unspecified atom stereocenters. The molecule has 18 heteroatoms. The van der Waals surface area contributed by atoms with Gasteiger partial charge in [0.15, 0.2) is 6.10 Å². The number of aliphatic hydroxyl groups excluding tert-OH is 4. The van der Waals surface area contributed by atoms with Crippen LogP contribution >= 0.6 is 15.6 Å². The Balaban J connectivity index is 2.79. The number of rotatable bonds is 24. The Labute approximate surface area is 328 Å². The van der Waals surface area contributed by atoms with Crippen molar-refractivity contribution < 1.29 is 76.9 Å². The molecule has 0 aliphatic heterocycles. The van der Waals surface area contributed by atoms with Crippen molar-refractivity contribution >= 4 is 27.6 Å². The largest absolute Gasteiger partial charge is 0.472 e. The third-order valence-corrected chi connectivity index (χ3v) is 9.41. The van der Waals surface area contributed by atoms with Crippen LogP contribution in [0.5, 0.6) is 0 Å². The first kappa shape index (κ1) is 50.4. The number of carbonyl (C=O) groups excluding carboxylic acids is 2. The van der Waals surface area contributed by atoms with Gasteiger partial charge in [-0.3, -0.25) is 18.4 Å². The molecular formula is C38H50O16P2. The zero-order chi connectivity index (χ0) is 41.8. The molecule has 1 fully saturated rings. The van der Waals surface area contributed by atoms with Crippen molar-refractivity contribution in [3.8, 4) is 71.5 Å². The lowest BCUT2D eigenvalue weighted by atomic mass is 9.85. The van der Waals surface area contributed by atoms with Crippen LogP contribution in [0.1, 0.15) is 96.8 Å². The van der Waals surface area contributed by atoms with Gasteiger partial charge < -0.3 is 44.6 Å². The summed E-state index contributed by atoms with van der Waals surface area (Å²) < 4.78 is 48.1. The highest BCUT2D eigenvalue weighted by molar-refractivity contribution is 7.47. The van der Waals surface area contributed by atoms with Gasteiger partial charge >= 0.3 is 27.6 Å². The maximum absolute atomic E-state index is 12.8. The summed E-state index contributed by atoms with van der Waals surface area (Å²) >= 11 is 0. The average Bonchev–Trinajstić information content (AvgIpc) is 3.14. The van der Waals surface area contributed by atoms with Gasteiger partial charge in [-0.1, -0.05) is 84.0 Å². The van der Waals surface area contributed by atoms with Crippen molar-refractivity contribution in [3.05, 3.63) is 0 Å². The van der Waals surface area contributed by atoms with E-state index in [9.17, 15) is 44.0 Å². The fraction of sp³-hybridized carbons (Fsp3) is 0.632. The van der Waals surface area contributed by atoms with Crippen LogP contribution in [0.15, 0.2) is 0 Å².